The van der Waals surface area contributed by atoms with Crippen molar-refractivity contribution in [3.05, 3.63) is 23.7 Å². The van der Waals surface area contributed by atoms with Crippen LogP contribution >= 0.6 is 0 Å². The average Bonchev–Trinajstić information content (AvgIpc) is 2.95. The second-order valence-electron chi connectivity index (χ2n) is 4.91. The summed E-state index contributed by atoms with van der Waals surface area (Å²) in [6.07, 6.45) is 6.43. The van der Waals surface area contributed by atoms with E-state index in [1.165, 1.54) is 39.1 Å². The van der Waals surface area contributed by atoms with Gasteiger partial charge in [-0.2, -0.15) is 0 Å². The Morgan fingerprint density at radius 3 is 2.88 bits per heavy atom. The van der Waals surface area contributed by atoms with Crippen LogP contribution < -0.4 is 5.32 Å². The van der Waals surface area contributed by atoms with Crippen LogP contribution in [0.4, 0.5) is 0 Å². The van der Waals surface area contributed by atoms with Crippen LogP contribution in [0.25, 0.3) is 0 Å². The largest absolute Gasteiger partial charge is 0.467 e. The van der Waals surface area contributed by atoms with Crippen LogP contribution in [0.15, 0.2) is 16.7 Å². The molecule has 1 aliphatic rings. The third-order valence-electron chi connectivity index (χ3n) is 3.47. The average molecular weight is 237 g/mol. The monoisotopic (exact) mass is 237 g/mol. The maximum atomic E-state index is 11.2. The molecule has 1 saturated carbocycles. The summed E-state index contributed by atoms with van der Waals surface area (Å²) in [6.45, 7) is 2.90. The molecule has 0 unspecified atom stereocenters. The smallest absolute Gasteiger partial charge is 0.341 e. The van der Waals surface area contributed by atoms with Crippen molar-refractivity contribution in [2.24, 2.45) is 0 Å². The lowest BCUT2D eigenvalue weighted by Crippen LogP contribution is -2.38. The Morgan fingerprint density at radius 1 is 1.53 bits per heavy atom. The molecule has 1 aromatic rings. The molecule has 4 heteroatoms. The molecule has 2 rings (SSSR count). The molecule has 0 bridgehead atoms. The van der Waals surface area contributed by atoms with Gasteiger partial charge in [-0.25, -0.2) is 4.79 Å². The van der Waals surface area contributed by atoms with Gasteiger partial charge in [0, 0.05) is 5.54 Å². The molecular formula is C13H19NO3. The molecule has 0 atom stereocenters. The molecule has 1 fully saturated rings. The zero-order valence-electron chi connectivity index (χ0n) is 10.4. The summed E-state index contributed by atoms with van der Waals surface area (Å²) >= 11 is 0. The van der Waals surface area contributed by atoms with Crippen molar-refractivity contribution in [1.29, 1.82) is 0 Å². The first-order valence-electron chi connectivity index (χ1n) is 6.04. The van der Waals surface area contributed by atoms with Crippen LogP contribution in [-0.4, -0.2) is 18.6 Å². The molecular weight excluding hydrogens is 218 g/mol. The van der Waals surface area contributed by atoms with E-state index in [1.807, 2.05) is 0 Å². The molecule has 1 N–H and O–H groups in total. The fraction of sp³-hybridized carbons (Fsp3) is 0.615. The molecule has 0 aliphatic heterocycles. The number of hydrogen-bond acceptors (Lipinski definition) is 4. The summed E-state index contributed by atoms with van der Waals surface area (Å²) in [5, 5.41) is 3.50. The lowest BCUT2D eigenvalue weighted by atomic mass is 10.0. The predicted octanol–water partition coefficient (Wildman–Crippen LogP) is 2.49. The first-order chi connectivity index (χ1) is 8.13. The minimum absolute atomic E-state index is 0.220. The van der Waals surface area contributed by atoms with Gasteiger partial charge in [-0.1, -0.05) is 12.8 Å². The second kappa shape index (κ2) is 4.92. The number of hydrogen-bond donors (Lipinski definition) is 1. The maximum absolute atomic E-state index is 11.2. The molecule has 0 spiro atoms. The summed E-state index contributed by atoms with van der Waals surface area (Å²) in [7, 11) is 1.37. The number of carbonyl (C=O) groups excluding carboxylic acids is 1. The topological polar surface area (TPSA) is 51.5 Å². The maximum Gasteiger partial charge on any atom is 0.341 e. The normalized spacial score (nSPS) is 18.2. The third kappa shape index (κ3) is 2.88. The van der Waals surface area contributed by atoms with Gasteiger partial charge in [0.1, 0.15) is 12.0 Å². The highest BCUT2D eigenvalue weighted by Gasteiger charge is 2.28. The van der Waals surface area contributed by atoms with E-state index in [-0.39, 0.29) is 11.5 Å². The summed E-state index contributed by atoms with van der Waals surface area (Å²) in [6, 6.07) is 1.73. The minimum Gasteiger partial charge on any atom is -0.467 e. The van der Waals surface area contributed by atoms with Gasteiger partial charge in [-0.05, 0) is 25.8 Å². The Hall–Kier alpha value is -1.29. The van der Waals surface area contributed by atoms with E-state index < -0.39 is 0 Å². The Bertz CT molecular complexity index is 391. The Balaban J connectivity index is 1.91. The van der Waals surface area contributed by atoms with Crippen LogP contribution in [0.2, 0.25) is 0 Å². The Morgan fingerprint density at radius 2 is 2.24 bits per heavy atom. The highest BCUT2D eigenvalue weighted by atomic mass is 16.5. The van der Waals surface area contributed by atoms with Crippen molar-refractivity contribution >= 4 is 5.97 Å². The first-order valence-corrected chi connectivity index (χ1v) is 6.04. The van der Waals surface area contributed by atoms with Gasteiger partial charge in [-0.3, -0.25) is 0 Å². The standard InChI is InChI=1S/C13H19NO3/c1-13(5-3-4-6-13)14-8-11-7-10(9-17-11)12(15)16-2/h7,9,14H,3-6,8H2,1-2H3. The molecule has 4 nitrogen and oxygen atoms in total. The molecule has 1 aliphatic carbocycles. The predicted molar refractivity (Wildman–Crippen MR) is 63.8 cm³/mol. The van der Waals surface area contributed by atoms with Gasteiger partial charge in [-0.15, -0.1) is 0 Å². The molecule has 0 radical (unpaired) electrons. The van der Waals surface area contributed by atoms with E-state index in [9.17, 15) is 4.79 Å². The van der Waals surface area contributed by atoms with Crippen molar-refractivity contribution in [3.8, 4) is 0 Å². The van der Waals surface area contributed by atoms with E-state index in [0.29, 0.717) is 12.1 Å². The van der Waals surface area contributed by atoms with E-state index in [0.717, 1.165) is 5.76 Å². The summed E-state index contributed by atoms with van der Waals surface area (Å²) in [5.41, 5.74) is 0.693. The Labute approximate surface area is 101 Å². The molecule has 1 aromatic heterocycles. The highest BCUT2D eigenvalue weighted by Crippen LogP contribution is 2.29. The van der Waals surface area contributed by atoms with Gasteiger partial charge in [0.25, 0.3) is 0 Å². The fourth-order valence-corrected chi connectivity index (χ4v) is 2.33. The molecule has 0 aromatic carbocycles. The molecule has 1 heterocycles. The van der Waals surface area contributed by atoms with E-state index >= 15 is 0 Å². The van der Waals surface area contributed by atoms with Crippen molar-refractivity contribution in [2.45, 2.75) is 44.7 Å². The molecule has 0 amide bonds. The number of ether oxygens (including phenoxy) is 1. The van der Waals surface area contributed by atoms with Crippen LogP contribution in [0, 0.1) is 0 Å². The van der Waals surface area contributed by atoms with Gasteiger partial charge in [0.05, 0.1) is 19.2 Å². The van der Waals surface area contributed by atoms with Crippen molar-refractivity contribution < 1.29 is 13.9 Å². The van der Waals surface area contributed by atoms with Gasteiger partial charge < -0.3 is 14.5 Å². The Kier molecular flexibility index (Phi) is 3.52. The van der Waals surface area contributed by atoms with E-state index in [2.05, 4.69) is 17.0 Å². The number of methoxy groups -OCH3 is 1. The van der Waals surface area contributed by atoms with E-state index in [4.69, 9.17) is 4.42 Å². The van der Waals surface area contributed by atoms with Crippen molar-refractivity contribution in [3.63, 3.8) is 0 Å². The van der Waals surface area contributed by atoms with Crippen LogP contribution in [0.3, 0.4) is 0 Å². The molecule has 0 saturated heterocycles. The van der Waals surface area contributed by atoms with Crippen molar-refractivity contribution in [1.82, 2.24) is 5.32 Å². The lowest BCUT2D eigenvalue weighted by molar-refractivity contribution is 0.0600. The number of carbonyl (C=O) groups is 1. The first kappa shape index (κ1) is 12.2. The molecule has 17 heavy (non-hydrogen) atoms. The van der Waals surface area contributed by atoms with Crippen molar-refractivity contribution in [2.75, 3.05) is 7.11 Å². The van der Waals surface area contributed by atoms with Gasteiger partial charge in [0.2, 0.25) is 0 Å². The van der Waals surface area contributed by atoms with Crippen LogP contribution in [0.5, 0.6) is 0 Å². The number of esters is 1. The number of rotatable bonds is 4. The summed E-state index contributed by atoms with van der Waals surface area (Å²) < 4.78 is 9.96. The SMILES string of the molecule is COC(=O)c1coc(CNC2(C)CCCC2)c1. The number of nitrogens with one attached hydrogen (secondary N) is 1. The minimum atomic E-state index is -0.355. The summed E-state index contributed by atoms with van der Waals surface area (Å²) in [4.78, 5) is 11.2. The zero-order chi connectivity index (χ0) is 12.3. The lowest BCUT2D eigenvalue weighted by Gasteiger charge is -2.24. The van der Waals surface area contributed by atoms with Crippen LogP contribution in [0.1, 0.15) is 48.7 Å². The highest BCUT2D eigenvalue weighted by molar-refractivity contribution is 5.88. The van der Waals surface area contributed by atoms with Crippen LogP contribution in [-0.2, 0) is 11.3 Å². The van der Waals surface area contributed by atoms with E-state index in [1.54, 1.807) is 6.07 Å². The number of furan rings is 1. The fourth-order valence-electron chi connectivity index (χ4n) is 2.33. The third-order valence-corrected chi connectivity index (χ3v) is 3.47. The van der Waals surface area contributed by atoms with Gasteiger partial charge >= 0.3 is 5.97 Å². The van der Waals surface area contributed by atoms with Gasteiger partial charge in [0.15, 0.2) is 0 Å². The zero-order valence-corrected chi connectivity index (χ0v) is 10.4. The summed E-state index contributed by atoms with van der Waals surface area (Å²) in [5.74, 6) is 0.422. The quantitative estimate of drug-likeness (QED) is 0.817. The molecule has 94 valence electrons. The second-order valence-corrected chi connectivity index (χ2v) is 4.91.